The number of Topliss-reactive ketones (excluding diaryl/α,β-unsaturated/α-hetero) is 1. The summed E-state index contributed by atoms with van der Waals surface area (Å²) in [4.78, 5) is 34.4. The van der Waals surface area contributed by atoms with Gasteiger partial charge in [0.15, 0.2) is 0 Å². The van der Waals surface area contributed by atoms with E-state index in [1.165, 1.54) is 0 Å². The van der Waals surface area contributed by atoms with E-state index in [-0.39, 0.29) is 47.3 Å². The van der Waals surface area contributed by atoms with Crippen LogP contribution in [-0.4, -0.2) is 51.9 Å². The highest BCUT2D eigenvalue weighted by Crippen LogP contribution is 2.68. The Labute approximate surface area is 209 Å². The van der Waals surface area contributed by atoms with Crippen LogP contribution >= 0.6 is 0 Å². The van der Waals surface area contributed by atoms with E-state index in [2.05, 4.69) is 20.8 Å². The van der Waals surface area contributed by atoms with Crippen molar-refractivity contribution in [3.05, 3.63) is 0 Å². The lowest BCUT2D eigenvalue weighted by molar-refractivity contribution is -0.201. The Morgan fingerprint density at radius 2 is 1.86 bits per heavy atom. The number of aliphatic hydroxyl groups is 2. The molecule has 0 aromatic heterocycles. The van der Waals surface area contributed by atoms with Crippen LogP contribution in [-0.2, 0) is 19.1 Å². The van der Waals surface area contributed by atoms with Gasteiger partial charge in [-0.2, -0.15) is 0 Å². The second-order valence-corrected chi connectivity index (χ2v) is 12.6. The van der Waals surface area contributed by atoms with Crippen LogP contribution in [0.25, 0.3) is 0 Å². The smallest absolute Gasteiger partial charge is 0.306 e. The third-order valence-corrected chi connectivity index (χ3v) is 11.0. The molecule has 7 heteroatoms. The first-order valence-electron chi connectivity index (χ1n) is 13.7. The standard InChI is InChI=1S/C28H44O7/c1-16(5-4-12-35-25(34)9-8-24(32)33)19-6-7-20-26-21(15-23(31)28(19,20)3)27(2)11-10-18(29)13-17(27)14-22(26)30/h16-17,19-23,26,30-31H,4-15H2,1-3H3,(H,32,33). The number of carbonyl (C=O) groups is 3. The third-order valence-electron chi connectivity index (χ3n) is 11.0. The van der Waals surface area contributed by atoms with Crippen LogP contribution in [0.1, 0.15) is 91.4 Å². The van der Waals surface area contributed by atoms with E-state index in [0.29, 0.717) is 49.9 Å². The van der Waals surface area contributed by atoms with E-state index >= 15 is 0 Å². The summed E-state index contributed by atoms with van der Waals surface area (Å²) < 4.78 is 5.20. The number of ether oxygens (including phenoxy) is 1. The van der Waals surface area contributed by atoms with Crippen molar-refractivity contribution >= 4 is 17.7 Å². The van der Waals surface area contributed by atoms with Gasteiger partial charge in [0.25, 0.3) is 0 Å². The van der Waals surface area contributed by atoms with Crippen molar-refractivity contribution < 1.29 is 34.4 Å². The Morgan fingerprint density at radius 3 is 2.57 bits per heavy atom. The summed E-state index contributed by atoms with van der Waals surface area (Å²) in [6, 6.07) is 0. The molecule has 0 bridgehead atoms. The normalized spacial score (nSPS) is 43.6. The summed E-state index contributed by atoms with van der Waals surface area (Å²) in [5.74, 6) is 0.501. The fourth-order valence-corrected chi connectivity index (χ4v) is 9.02. The highest BCUT2D eigenvalue weighted by molar-refractivity contribution is 5.79. The summed E-state index contributed by atoms with van der Waals surface area (Å²) in [5.41, 5.74) is -0.220. The molecule has 7 nitrogen and oxygen atoms in total. The Kier molecular flexibility index (Phi) is 7.69. The molecule has 4 rings (SSSR count). The topological polar surface area (TPSA) is 121 Å². The number of rotatable bonds is 8. The quantitative estimate of drug-likeness (QED) is 0.346. The van der Waals surface area contributed by atoms with Crippen LogP contribution in [0.15, 0.2) is 0 Å². The first kappa shape index (κ1) is 26.6. The molecule has 0 saturated heterocycles. The molecule has 4 aliphatic rings. The fourth-order valence-electron chi connectivity index (χ4n) is 9.02. The molecule has 35 heavy (non-hydrogen) atoms. The second-order valence-electron chi connectivity index (χ2n) is 12.6. The minimum Gasteiger partial charge on any atom is -0.481 e. The molecular weight excluding hydrogens is 448 g/mol. The fraction of sp³-hybridized carbons (Fsp3) is 0.893. The van der Waals surface area contributed by atoms with Gasteiger partial charge in [0, 0.05) is 12.8 Å². The summed E-state index contributed by atoms with van der Waals surface area (Å²) in [5, 5.41) is 31.6. The largest absolute Gasteiger partial charge is 0.481 e. The van der Waals surface area contributed by atoms with Crippen molar-refractivity contribution in [3.8, 4) is 0 Å². The van der Waals surface area contributed by atoms with Gasteiger partial charge in [-0.15, -0.1) is 0 Å². The molecule has 0 aromatic rings. The van der Waals surface area contributed by atoms with E-state index in [1.807, 2.05) is 0 Å². The molecule has 0 radical (unpaired) electrons. The van der Waals surface area contributed by atoms with Gasteiger partial charge >= 0.3 is 11.9 Å². The van der Waals surface area contributed by atoms with E-state index in [4.69, 9.17) is 9.84 Å². The van der Waals surface area contributed by atoms with Crippen molar-refractivity contribution in [2.75, 3.05) is 6.61 Å². The summed E-state index contributed by atoms with van der Waals surface area (Å²) in [6.45, 7) is 7.07. The summed E-state index contributed by atoms with van der Waals surface area (Å²) in [7, 11) is 0. The number of carboxylic acids is 1. The van der Waals surface area contributed by atoms with E-state index in [9.17, 15) is 24.6 Å². The molecule has 4 saturated carbocycles. The van der Waals surface area contributed by atoms with Gasteiger partial charge < -0.3 is 20.1 Å². The van der Waals surface area contributed by atoms with Gasteiger partial charge in [0.1, 0.15) is 5.78 Å². The molecule has 0 aliphatic heterocycles. The maximum atomic E-state index is 12.2. The Hall–Kier alpha value is -1.47. The molecule has 10 unspecified atom stereocenters. The summed E-state index contributed by atoms with van der Waals surface area (Å²) in [6.07, 6.45) is 6.03. The average molecular weight is 493 g/mol. The molecule has 4 aliphatic carbocycles. The van der Waals surface area contributed by atoms with E-state index < -0.39 is 24.1 Å². The number of ketones is 1. The third kappa shape index (κ3) is 4.79. The second kappa shape index (κ2) is 10.1. The number of esters is 1. The molecule has 4 fully saturated rings. The zero-order chi connectivity index (χ0) is 25.5. The molecule has 3 N–H and O–H groups in total. The maximum Gasteiger partial charge on any atom is 0.306 e. The first-order valence-corrected chi connectivity index (χ1v) is 13.7. The lowest BCUT2D eigenvalue weighted by Crippen LogP contribution is -2.62. The van der Waals surface area contributed by atoms with Crippen LogP contribution in [0.4, 0.5) is 0 Å². The van der Waals surface area contributed by atoms with Crippen molar-refractivity contribution in [1.29, 1.82) is 0 Å². The number of fused-ring (bicyclic) bond motifs is 5. The molecule has 0 spiro atoms. The monoisotopic (exact) mass is 492 g/mol. The average Bonchev–Trinajstić information content (AvgIpc) is 3.15. The SMILES string of the molecule is CC(CCCOC(=O)CCC(=O)O)C1CCC2C3C(O)CC4CC(=O)CCC4(C)C3CC(O)C12C. The first-order chi connectivity index (χ1) is 16.5. The number of aliphatic carboxylic acids is 1. The van der Waals surface area contributed by atoms with Crippen molar-refractivity contribution in [3.63, 3.8) is 0 Å². The molecule has 0 aromatic carbocycles. The van der Waals surface area contributed by atoms with Crippen LogP contribution in [0, 0.1) is 46.3 Å². The summed E-state index contributed by atoms with van der Waals surface area (Å²) >= 11 is 0. The lowest BCUT2D eigenvalue weighted by Gasteiger charge is -2.63. The predicted molar refractivity (Wildman–Crippen MR) is 129 cm³/mol. The minimum absolute atomic E-state index is 0.0222. The van der Waals surface area contributed by atoms with Crippen LogP contribution < -0.4 is 0 Å². The molecule has 0 amide bonds. The highest BCUT2D eigenvalue weighted by atomic mass is 16.5. The zero-order valence-corrected chi connectivity index (χ0v) is 21.6. The van der Waals surface area contributed by atoms with Crippen molar-refractivity contribution in [2.45, 2.75) is 104 Å². The van der Waals surface area contributed by atoms with Crippen LogP contribution in [0.5, 0.6) is 0 Å². The molecule has 10 atom stereocenters. The highest BCUT2D eigenvalue weighted by Gasteiger charge is 2.65. The number of carboxylic acid groups (broad SMARTS) is 1. The molecular formula is C28H44O7. The Bertz CT molecular complexity index is 826. The maximum absolute atomic E-state index is 12.2. The Balaban J connectivity index is 1.40. The van der Waals surface area contributed by atoms with Crippen LogP contribution in [0.2, 0.25) is 0 Å². The van der Waals surface area contributed by atoms with Gasteiger partial charge in [-0.1, -0.05) is 20.8 Å². The van der Waals surface area contributed by atoms with Gasteiger partial charge in [-0.05, 0) is 91.3 Å². The van der Waals surface area contributed by atoms with Crippen molar-refractivity contribution in [1.82, 2.24) is 0 Å². The molecule has 198 valence electrons. The number of aliphatic hydroxyl groups excluding tert-OH is 2. The Morgan fingerprint density at radius 1 is 1.11 bits per heavy atom. The minimum atomic E-state index is -1.00. The zero-order valence-electron chi connectivity index (χ0n) is 21.6. The van der Waals surface area contributed by atoms with E-state index in [0.717, 1.165) is 32.1 Å². The van der Waals surface area contributed by atoms with Gasteiger partial charge in [-0.3, -0.25) is 14.4 Å². The van der Waals surface area contributed by atoms with Gasteiger partial charge in [-0.25, -0.2) is 0 Å². The molecule has 0 heterocycles. The number of carbonyl (C=O) groups excluding carboxylic acids is 2. The predicted octanol–water partition coefficient (Wildman–Crippen LogP) is 3.98. The lowest BCUT2D eigenvalue weighted by atomic mass is 9.43. The van der Waals surface area contributed by atoms with Crippen molar-refractivity contribution in [2.24, 2.45) is 46.3 Å². The number of hydrogen-bond acceptors (Lipinski definition) is 6. The van der Waals surface area contributed by atoms with E-state index in [1.54, 1.807) is 0 Å². The number of hydrogen-bond donors (Lipinski definition) is 3. The van der Waals surface area contributed by atoms with Gasteiger partial charge in [0.2, 0.25) is 0 Å². The van der Waals surface area contributed by atoms with Crippen LogP contribution in [0.3, 0.4) is 0 Å². The van der Waals surface area contributed by atoms with Gasteiger partial charge in [0.05, 0.1) is 31.7 Å².